The zero-order chi connectivity index (χ0) is 8.43. The smallest absolute Gasteiger partial charge is 0.427 e. The summed E-state index contributed by atoms with van der Waals surface area (Å²) in [4.78, 5) is 10.00. The third kappa shape index (κ3) is 2.42. The minimum absolute atomic E-state index is 0.248. The lowest BCUT2D eigenvalue weighted by Crippen LogP contribution is -2.21. The average Bonchev–Trinajstić information content (AvgIpc) is 2.09. The molecule has 0 aromatic heterocycles. The number of carbonyl (C=O) groups excluding carboxylic acids is 1. The summed E-state index contributed by atoms with van der Waals surface area (Å²) in [5.74, 6) is 0. The minimum atomic E-state index is -0.642. The Kier molecular flexibility index (Phi) is 2.84. The van der Waals surface area contributed by atoms with E-state index >= 15 is 0 Å². The lowest BCUT2D eigenvalue weighted by molar-refractivity contribution is 0.116. The molecule has 1 heterocycles. The first kappa shape index (κ1) is 8.94. The maximum absolute atomic E-state index is 10.5. The summed E-state index contributed by atoms with van der Waals surface area (Å²) in [6, 6.07) is 0. The van der Waals surface area contributed by atoms with Gasteiger partial charge in [0.2, 0.25) is 0 Å². The maximum Gasteiger partial charge on any atom is 0.509 e. The van der Waals surface area contributed by atoms with Crippen molar-refractivity contribution >= 4 is 29.4 Å². The highest BCUT2D eigenvalue weighted by atomic mass is 35.5. The van der Waals surface area contributed by atoms with E-state index in [0.717, 1.165) is 0 Å². The molecule has 3 nitrogen and oxygen atoms in total. The van der Waals surface area contributed by atoms with Crippen LogP contribution in [0.4, 0.5) is 4.79 Å². The number of cyclic esters (lactones) is 2. The molecule has 0 saturated carbocycles. The second-order valence-corrected chi connectivity index (χ2v) is 3.63. The van der Waals surface area contributed by atoms with Crippen molar-refractivity contribution in [1.29, 1.82) is 0 Å². The van der Waals surface area contributed by atoms with E-state index in [2.05, 4.69) is 0 Å². The molecule has 64 valence electrons. The summed E-state index contributed by atoms with van der Waals surface area (Å²) in [5.41, 5.74) is 0. The van der Waals surface area contributed by atoms with Crippen molar-refractivity contribution in [2.75, 3.05) is 0 Å². The van der Waals surface area contributed by atoms with Gasteiger partial charge in [0, 0.05) is 6.42 Å². The van der Waals surface area contributed by atoms with E-state index in [0.29, 0.717) is 6.42 Å². The van der Waals surface area contributed by atoms with Gasteiger partial charge in [-0.1, -0.05) is 0 Å². The zero-order valence-electron chi connectivity index (χ0n) is 5.92. The summed E-state index contributed by atoms with van der Waals surface area (Å²) in [6.07, 6.45) is -0.780. The summed E-state index contributed by atoms with van der Waals surface area (Å²) in [6.45, 7) is 1.74. The molecule has 11 heavy (non-hydrogen) atoms. The van der Waals surface area contributed by atoms with Crippen molar-refractivity contribution < 1.29 is 14.3 Å². The molecule has 0 amide bonds. The van der Waals surface area contributed by atoms with Crippen molar-refractivity contribution in [3.05, 3.63) is 0 Å². The van der Waals surface area contributed by atoms with Gasteiger partial charge in [0.1, 0.15) is 17.0 Å². The Morgan fingerprint density at radius 1 is 1.55 bits per heavy atom. The highest BCUT2D eigenvalue weighted by Crippen LogP contribution is 2.22. The van der Waals surface area contributed by atoms with Crippen molar-refractivity contribution in [1.82, 2.24) is 0 Å². The highest BCUT2D eigenvalue weighted by molar-refractivity contribution is 6.44. The minimum Gasteiger partial charge on any atom is -0.427 e. The Labute approximate surface area is 74.6 Å². The number of halogens is 2. The number of ether oxygens (including phenoxy) is 2. The lowest BCUT2D eigenvalue weighted by Gasteiger charge is -2.10. The van der Waals surface area contributed by atoms with Gasteiger partial charge in [-0.2, -0.15) is 0 Å². The summed E-state index contributed by atoms with van der Waals surface area (Å²) < 4.78 is 9.45. The molecule has 0 aromatic rings. The molecule has 2 unspecified atom stereocenters. The molecular weight excluding hydrogens is 191 g/mol. The van der Waals surface area contributed by atoms with E-state index < -0.39 is 11.0 Å². The first-order chi connectivity index (χ1) is 5.09. The standard InChI is InChI=1S/C6H8Cl2O3/c1-3-4(2-5(7)8)11-6(9)10-3/h3-5H,2H2,1H3. The molecule has 1 aliphatic heterocycles. The van der Waals surface area contributed by atoms with E-state index in [1.54, 1.807) is 6.92 Å². The Morgan fingerprint density at radius 2 is 2.18 bits per heavy atom. The summed E-state index contributed by atoms with van der Waals surface area (Å²) in [5, 5.41) is 0. The number of hydrogen-bond donors (Lipinski definition) is 0. The van der Waals surface area contributed by atoms with Crippen molar-refractivity contribution in [3.63, 3.8) is 0 Å². The second-order valence-electron chi connectivity index (χ2n) is 2.36. The molecule has 0 aromatic carbocycles. The molecule has 0 spiro atoms. The quantitative estimate of drug-likeness (QED) is 0.504. The van der Waals surface area contributed by atoms with E-state index in [9.17, 15) is 4.79 Å². The molecular formula is C6H8Cl2O3. The van der Waals surface area contributed by atoms with Gasteiger partial charge in [-0.05, 0) is 6.92 Å². The lowest BCUT2D eigenvalue weighted by atomic mass is 10.2. The zero-order valence-corrected chi connectivity index (χ0v) is 7.43. The van der Waals surface area contributed by atoms with Crippen LogP contribution in [0.3, 0.4) is 0 Å². The van der Waals surface area contributed by atoms with Crippen LogP contribution >= 0.6 is 23.2 Å². The second kappa shape index (κ2) is 3.50. The van der Waals surface area contributed by atoms with Crippen LogP contribution in [-0.2, 0) is 9.47 Å². The molecule has 0 aliphatic carbocycles. The van der Waals surface area contributed by atoms with Crippen LogP contribution in [0.1, 0.15) is 13.3 Å². The van der Waals surface area contributed by atoms with Crippen LogP contribution in [0.2, 0.25) is 0 Å². The molecule has 0 radical (unpaired) electrons. The molecule has 1 fully saturated rings. The van der Waals surface area contributed by atoms with Crippen LogP contribution in [0.15, 0.2) is 0 Å². The molecule has 0 N–H and O–H groups in total. The number of rotatable bonds is 2. The van der Waals surface area contributed by atoms with E-state index in [4.69, 9.17) is 32.7 Å². The Balaban J connectivity index is 2.40. The summed E-state index contributed by atoms with van der Waals surface area (Å²) >= 11 is 11.0. The SMILES string of the molecule is CC1OC(=O)OC1CC(Cl)Cl. The van der Waals surface area contributed by atoms with Gasteiger partial charge in [0.25, 0.3) is 0 Å². The van der Waals surface area contributed by atoms with Gasteiger partial charge in [-0.15, -0.1) is 23.2 Å². The predicted octanol–water partition coefficient (Wildman–Crippen LogP) is 2.10. The third-order valence-electron chi connectivity index (χ3n) is 1.46. The van der Waals surface area contributed by atoms with Crippen molar-refractivity contribution in [3.8, 4) is 0 Å². The fourth-order valence-electron chi connectivity index (χ4n) is 0.890. The van der Waals surface area contributed by atoms with Gasteiger partial charge >= 0.3 is 6.16 Å². The number of hydrogen-bond acceptors (Lipinski definition) is 3. The maximum atomic E-state index is 10.5. The molecule has 2 atom stereocenters. The number of carbonyl (C=O) groups is 1. The molecule has 1 rings (SSSR count). The first-order valence-corrected chi connectivity index (χ1v) is 4.12. The van der Waals surface area contributed by atoms with Gasteiger partial charge < -0.3 is 9.47 Å². The predicted molar refractivity (Wildman–Crippen MR) is 40.9 cm³/mol. The van der Waals surface area contributed by atoms with Crippen molar-refractivity contribution in [2.24, 2.45) is 0 Å². The molecule has 1 aliphatic rings. The first-order valence-electron chi connectivity index (χ1n) is 3.25. The Bertz CT molecular complexity index is 160. The molecule has 5 heteroatoms. The molecule has 1 saturated heterocycles. The van der Waals surface area contributed by atoms with Gasteiger partial charge in [0.15, 0.2) is 0 Å². The van der Waals surface area contributed by atoms with E-state index in [1.165, 1.54) is 0 Å². The van der Waals surface area contributed by atoms with E-state index in [-0.39, 0.29) is 12.2 Å². The van der Waals surface area contributed by atoms with Gasteiger partial charge in [-0.3, -0.25) is 0 Å². The van der Waals surface area contributed by atoms with Gasteiger partial charge in [-0.25, -0.2) is 4.79 Å². The average molecular weight is 199 g/mol. The largest absolute Gasteiger partial charge is 0.509 e. The van der Waals surface area contributed by atoms with Crippen LogP contribution in [0.25, 0.3) is 0 Å². The fourth-order valence-corrected chi connectivity index (χ4v) is 1.24. The van der Waals surface area contributed by atoms with Crippen molar-refractivity contribution in [2.45, 2.75) is 30.4 Å². The fraction of sp³-hybridized carbons (Fsp3) is 0.833. The Hall–Kier alpha value is -0.150. The van der Waals surface area contributed by atoms with Crippen LogP contribution in [0, 0.1) is 0 Å². The number of alkyl halides is 2. The van der Waals surface area contributed by atoms with E-state index in [1.807, 2.05) is 0 Å². The topological polar surface area (TPSA) is 35.5 Å². The highest BCUT2D eigenvalue weighted by Gasteiger charge is 2.33. The van der Waals surface area contributed by atoms with Crippen LogP contribution in [0.5, 0.6) is 0 Å². The van der Waals surface area contributed by atoms with Gasteiger partial charge in [0.05, 0.1) is 0 Å². The van der Waals surface area contributed by atoms with Crippen LogP contribution in [-0.4, -0.2) is 23.2 Å². The monoisotopic (exact) mass is 198 g/mol. The normalized spacial score (nSPS) is 30.4. The van der Waals surface area contributed by atoms with Crippen LogP contribution < -0.4 is 0 Å². The summed E-state index contributed by atoms with van der Waals surface area (Å²) in [7, 11) is 0. The third-order valence-corrected chi connectivity index (χ3v) is 1.82. The Morgan fingerprint density at radius 3 is 2.55 bits per heavy atom. The molecule has 0 bridgehead atoms.